The van der Waals surface area contributed by atoms with Gasteiger partial charge < -0.3 is 4.90 Å². The van der Waals surface area contributed by atoms with Gasteiger partial charge in [-0.1, -0.05) is 0 Å². The van der Waals surface area contributed by atoms with Crippen molar-refractivity contribution in [1.82, 2.24) is 10.2 Å². The van der Waals surface area contributed by atoms with Crippen LogP contribution >= 0.6 is 0 Å². The predicted molar refractivity (Wildman–Crippen MR) is 74.0 cm³/mol. The zero-order chi connectivity index (χ0) is 18.3. The van der Waals surface area contributed by atoms with Gasteiger partial charge in [-0.05, 0) is 36.6 Å². The second kappa shape index (κ2) is 6.27. The monoisotopic (exact) mass is 354 g/mol. The Morgan fingerprint density at radius 3 is 1.92 bits per heavy atom. The molecule has 1 aliphatic rings. The van der Waals surface area contributed by atoms with Crippen molar-refractivity contribution in [2.45, 2.75) is 37.3 Å². The minimum atomic E-state index is -4.88. The number of hydrogen-bond acceptors (Lipinski definition) is 2. The van der Waals surface area contributed by atoms with E-state index in [0.29, 0.717) is 18.6 Å². The molecular weight excluding hydrogens is 338 g/mol. The maximum atomic E-state index is 12.9. The number of likely N-dealkylation sites (N-methyl/N-ethyl adjacent to an activating group) is 1. The zero-order valence-electron chi connectivity index (χ0n) is 12.9. The quantitative estimate of drug-likeness (QED) is 0.823. The molecule has 24 heavy (non-hydrogen) atoms. The summed E-state index contributed by atoms with van der Waals surface area (Å²) in [5.41, 5.74) is -2.82. The molecule has 1 N–H and O–H groups in total. The summed E-state index contributed by atoms with van der Waals surface area (Å²) >= 11 is 0. The van der Waals surface area contributed by atoms with Gasteiger partial charge in [0, 0.05) is 20.1 Å². The molecule has 0 bridgehead atoms. The summed E-state index contributed by atoms with van der Waals surface area (Å²) in [6.07, 6.45) is -9.14. The number of amides is 1. The van der Waals surface area contributed by atoms with Crippen molar-refractivity contribution in [3.8, 4) is 0 Å². The van der Waals surface area contributed by atoms with Crippen molar-refractivity contribution in [2.24, 2.45) is 0 Å². The molecule has 1 fully saturated rings. The van der Waals surface area contributed by atoms with E-state index >= 15 is 0 Å². The standard InChI is InChI=1S/C15H16F6N2O/c1-23(2)13(24)12-4-3-11(22-12)8-5-9(14(16,17)18)7-10(6-8)15(19,20)21/h5-7,11-12,22H,3-4H2,1-2H3/t11-,12+/m1/s1. The highest BCUT2D eigenvalue weighted by Crippen LogP contribution is 2.39. The number of alkyl halides is 6. The summed E-state index contributed by atoms with van der Waals surface area (Å²) in [5.74, 6) is -0.263. The number of nitrogens with one attached hydrogen (secondary N) is 1. The largest absolute Gasteiger partial charge is 0.416 e. The highest BCUT2D eigenvalue weighted by atomic mass is 19.4. The number of hydrogen-bond donors (Lipinski definition) is 1. The van der Waals surface area contributed by atoms with Crippen LogP contribution in [0.15, 0.2) is 18.2 Å². The number of benzene rings is 1. The normalized spacial score (nSPS) is 21.8. The lowest BCUT2D eigenvalue weighted by molar-refractivity contribution is -0.143. The number of rotatable bonds is 2. The number of carbonyl (C=O) groups is 1. The Labute approximate surface area is 134 Å². The summed E-state index contributed by atoms with van der Waals surface area (Å²) in [4.78, 5) is 13.2. The van der Waals surface area contributed by atoms with Crippen LogP contribution in [0.1, 0.15) is 35.6 Å². The number of nitrogens with zero attached hydrogens (tertiary/aromatic N) is 1. The van der Waals surface area contributed by atoms with Crippen LogP contribution in [0.3, 0.4) is 0 Å². The first-order valence-corrected chi connectivity index (χ1v) is 7.16. The van der Waals surface area contributed by atoms with Gasteiger partial charge in [0.1, 0.15) is 0 Å². The van der Waals surface area contributed by atoms with E-state index in [1.165, 1.54) is 19.0 Å². The smallest absolute Gasteiger partial charge is 0.347 e. The van der Waals surface area contributed by atoms with Crippen molar-refractivity contribution in [3.05, 3.63) is 34.9 Å². The third-order valence-corrected chi connectivity index (χ3v) is 3.90. The molecule has 0 aromatic heterocycles. The Balaban J connectivity index is 2.35. The fraction of sp³-hybridized carbons (Fsp3) is 0.533. The third kappa shape index (κ3) is 4.00. The Morgan fingerprint density at radius 1 is 1.00 bits per heavy atom. The second-order valence-corrected chi connectivity index (χ2v) is 5.92. The van der Waals surface area contributed by atoms with Crippen molar-refractivity contribution >= 4 is 5.91 Å². The van der Waals surface area contributed by atoms with Crippen molar-refractivity contribution in [1.29, 1.82) is 0 Å². The fourth-order valence-corrected chi connectivity index (χ4v) is 2.69. The van der Waals surface area contributed by atoms with Crippen LogP contribution in [-0.2, 0) is 17.1 Å². The molecule has 1 aromatic rings. The Hall–Kier alpha value is -1.77. The van der Waals surface area contributed by atoms with Gasteiger partial charge in [0.25, 0.3) is 0 Å². The number of carbonyl (C=O) groups excluding carboxylic acids is 1. The predicted octanol–water partition coefficient (Wildman–Crippen LogP) is 3.61. The minimum Gasteiger partial charge on any atom is -0.347 e. The lowest BCUT2D eigenvalue weighted by atomic mass is 9.98. The van der Waals surface area contributed by atoms with E-state index in [-0.39, 0.29) is 24.0 Å². The fourth-order valence-electron chi connectivity index (χ4n) is 2.69. The maximum Gasteiger partial charge on any atom is 0.416 e. The van der Waals surface area contributed by atoms with Gasteiger partial charge in [0.05, 0.1) is 17.2 Å². The van der Waals surface area contributed by atoms with Crippen LogP contribution in [0.2, 0.25) is 0 Å². The van der Waals surface area contributed by atoms with Gasteiger partial charge in [0.15, 0.2) is 0 Å². The van der Waals surface area contributed by atoms with Gasteiger partial charge in [-0.15, -0.1) is 0 Å². The molecule has 1 saturated heterocycles. The molecule has 1 aromatic carbocycles. The van der Waals surface area contributed by atoms with Crippen LogP contribution in [0.4, 0.5) is 26.3 Å². The van der Waals surface area contributed by atoms with Crippen molar-refractivity contribution < 1.29 is 31.1 Å². The van der Waals surface area contributed by atoms with E-state index in [1.54, 1.807) is 0 Å². The average molecular weight is 354 g/mol. The highest BCUT2D eigenvalue weighted by Gasteiger charge is 2.39. The van der Waals surface area contributed by atoms with E-state index in [2.05, 4.69) is 5.32 Å². The molecular formula is C15H16F6N2O. The Bertz CT molecular complexity index is 591. The molecule has 2 rings (SSSR count). The molecule has 0 saturated carbocycles. The van der Waals surface area contributed by atoms with Crippen LogP contribution in [0.25, 0.3) is 0 Å². The molecule has 0 aliphatic carbocycles. The third-order valence-electron chi connectivity index (χ3n) is 3.90. The number of halogens is 6. The molecule has 2 atom stereocenters. The summed E-state index contributed by atoms with van der Waals surface area (Å²) in [6, 6.07) is 0.155. The molecule has 1 aliphatic heterocycles. The first-order valence-electron chi connectivity index (χ1n) is 7.16. The van der Waals surface area contributed by atoms with Crippen LogP contribution < -0.4 is 5.32 Å². The molecule has 9 heteroatoms. The lowest BCUT2D eigenvalue weighted by Crippen LogP contribution is -2.40. The van der Waals surface area contributed by atoms with E-state index in [4.69, 9.17) is 0 Å². The summed E-state index contributed by atoms with van der Waals surface area (Å²) in [5, 5.41) is 2.82. The summed E-state index contributed by atoms with van der Waals surface area (Å²) in [6.45, 7) is 0. The Morgan fingerprint density at radius 2 is 1.50 bits per heavy atom. The maximum absolute atomic E-state index is 12.9. The topological polar surface area (TPSA) is 32.3 Å². The molecule has 134 valence electrons. The summed E-state index contributed by atoms with van der Waals surface area (Å²) < 4.78 is 77.3. The molecule has 0 unspecified atom stereocenters. The zero-order valence-corrected chi connectivity index (χ0v) is 12.9. The van der Waals surface area contributed by atoms with Crippen LogP contribution in [-0.4, -0.2) is 30.9 Å². The van der Waals surface area contributed by atoms with Crippen molar-refractivity contribution in [2.75, 3.05) is 14.1 Å². The molecule has 0 radical (unpaired) electrons. The Kier molecular flexibility index (Phi) is 4.85. The molecule has 0 spiro atoms. The lowest BCUT2D eigenvalue weighted by Gasteiger charge is -2.20. The van der Waals surface area contributed by atoms with Crippen LogP contribution in [0, 0.1) is 0 Å². The first-order chi connectivity index (χ1) is 10.9. The van der Waals surface area contributed by atoms with E-state index in [0.717, 1.165) is 0 Å². The van der Waals surface area contributed by atoms with E-state index in [9.17, 15) is 31.1 Å². The highest BCUT2D eigenvalue weighted by molar-refractivity contribution is 5.81. The van der Waals surface area contributed by atoms with Gasteiger partial charge in [-0.3, -0.25) is 10.1 Å². The summed E-state index contributed by atoms with van der Waals surface area (Å²) in [7, 11) is 3.06. The van der Waals surface area contributed by atoms with Gasteiger partial charge in [-0.25, -0.2) is 0 Å². The van der Waals surface area contributed by atoms with E-state index < -0.39 is 35.6 Å². The van der Waals surface area contributed by atoms with Gasteiger partial charge in [-0.2, -0.15) is 26.3 Å². The second-order valence-electron chi connectivity index (χ2n) is 5.92. The molecule has 1 heterocycles. The van der Waals surface area contributed by atoms with Crippen LogP contribution in [0.5, 0.6) is 0 Å². The minimum absolute atomic E-state index is 0.0981. The van der Waals surface area contributed by atoms with E-state index in [1.807, 2.05) is 0 Å². The SMILES string of the molecule is CN(C)C(=O)[C@@H]1CC[C@H](c2cc(C(F)(F)F)cc(C(F)(F)F)c2)N1. The first kappa shape index (κ1) is 18.6. The average Bonchev–Trinajstić information content (AvgIpc) is 2.93. The van der Waals surface area contributed by atoms with Gasteiger partial charge in [0.2, 0.25) is 5.91 Å². The van der Waals surface area contributed by atoms with Crippen molar-refractivity contribution in [3.63, 3.8) is 0 Å². The van der Waals surface area contributed by atoms with Gasteiger partial charge >= 0.3 is 12.4 Å². The molecule has 3 nitrogen and oxygen atoms in total. The molecule has 1 amide bonds.